The first-order chi connectivity index (χ1) is 24.0. The molecule has 16 heteroatoms. The van der Waals surface area contributed by atoms with Gasteiger partial charge in [-0.1, -0.05) is 25.1 Å². The molecule has 51 heavy (non-hydrogen) atoms. The van der Waals surface area contributed by atoms with E-state index in [4.69, 9.17) is 25.2 Å². The topological polar surface area (TPSA) is 126 Å². The van der Waals surface area contributed by atoms with Gasteiger partial charge in [0.25, 0.3) is 11.5 Å². The number of benzene rings is 2. The summed E-state index contributed by atoms with van der Waals surface area (Å²) in [6.45, 7) is 3.63. The largest absolute Gasteiger partial charge is 0.486 e. The number of carbonyl (C=O) groups is 3. The van der Waals surface area contributed by atoms with Crippen LogP contribution >= 0.6 is 0 Å². The molecule has 4 aromatic rings. The predicted molar refractivity (Wildman–Crippen MR) is 189 cm³/mol. The Balaban J connectivity index is 0.00000345. The molecule has 0 spiro atoms. The van der Waals surface area contributed by atoms with Gasteiger partial charge < -0.3 is 34.1 Å². The zero-order valence-electron chi connectivity index (χ0n) is 29.1. The molecule has 0 aliphatic rings. The number of likely N-dealkylation sites (N-methyl/N-ethyl adjacent to an activating group) is 1. The van der Waals surface area contributed by atoms with E-state index < -0.39 is 46.3 Å². The Morgan fingerprint density at radius 2 is 1.71 bits per heavy atom. The number of H-pyrrole nitrogens is 1. The van der Waals surface area contributed by atoms with Gasteiger partial charge >= 0.3 is 6.09 Å². The Kier molecular flexibility index (Phi) is 13.7. The van der Waals surface area contributed by atoms with Crippen molar-refractivity contribution in [1.29, 1.82) is 0 Å². The summed E-state index contributed by atoms with van der Waals surface area (Å²) in [4.78, 5) is 56.6. The zero-order chi connectivity index (χ0) is 38.0. The SMILES string of the molecule is CC.[B]C([B])(C/C=C/C(=O)N(C)C)C(OC(=O)N(C)C)C(=O)Nc1cccn(Cc2cc3cc(F)cc(OCc4ccc(F)cc4F)c3[nH]2)c1=O. The molecule has 0 saturated carbocycles. The van der Waals surface area contributed by atoms with Crippen molar-refractivity contribution in [2.75, 3.05) is 33.5 Å². The van der Waals surface area contributed by atoms with Gasteiger partial charge in [-0.3, -0.25) is 14.4 Å². The minimum Gasteiger partial charge on any atom is -0.486 e. The van der Waals surface area contributed by atoms with Crippen molar-refractivity contribution < 1.29 is 37.0 Å². The molecule has 4 radical (unpaired) electrons. The predicted octanol–water partition coefficient (Wildman–Crippen LogP) is 4.89. The second-order valence-electron chi connectivity index (χ2n) is 11.6. The molecule has 11 nitrogen and oxygen atoms in total. The Morgan fingerprint density at radius 3 is 2.35 bits per heavy atom. The molecular weight excluding hydrogens is 665 g/mol. The Hall–Kier alpha value is -5.40. The van der Waals surface area contributed by atoms with Crippen LogP contribution < -0.4 is 15.6 Å². The fraction of sp³-hybridized carbons (Fsp3) is 0.314. The molecule has 1 unspecified atom stereocenters. The minimum absolute atomic E-state index is 0.0598. The summed E-state index contributed by atoms with van der Waals surface area (Å²) in [7, 11) is 18.3. The normalized spacial score (nSPS) is 11.8. The van der Waals surface area contributed by atoms with E-state index in [2.05, 4.69) is 10.3 Å². The summed E-state index contributed by atoms with van der Waals surface area (Å²) >= 11 is 0. The lowest BCUT2D eigenvalue weighted by Crippen LogP contribution is -2.45. The van der Waals surface area contributed by atoms with Crippen LogP contribution in [0.25, 0.3) is 10.9 Å². The van der Waals surface area contributed by atoms with Gasteiger partial charge in [0.1, 0.15) is 35.5 Å². The van der Waals surface area contributed by atoms with Gasteiger partial charge in [-0.05, 0) is 48.9 Å². The molecule has 1 atom stereocenters. The van der Waals surface area contributed by atoms with E-state index in [0.717, 1.165) is 17.0 Å². The van der Waals surface area contributed by atoms with Gasteiger partial charge in [0.2, 0.25) is 5.91 Å². The lowest BCUT2D eigenvalue weighted by Gasteiger charge is -2.33. The van der Waals surface area contributed by atoms with Crippen LogP contribution in [0.1, 0.15) is 31.5 Å². The number of nitrogens with zero attached hydrogens (tertiary/aromatic N) is 3. The molecule has 4 rings (SSSR count). The summed E-state index contributed by atoms with van der Waals surface area (Å²) in [5, 5.41) is 0.834. The second-order valence-corrected chi connectivity index (χ2v) is 11.6. The quantitative estimate of drug-likeness (QED) is 0.160. The van der Waals surface area contributed by atoms with Crippen molar-refractivity contribution in [3.63, 3.8) is 0 Å². The number of pyridine rings is 1. The molecule has 0 aliphatic carbocycles. The van der Waals surface area contributed by atoms with Crippen molar-refractivity contribution in [3.05, 3.63) is 106 Å². The third-order valence-electron chi connectivity index (χ3n) is 7.21. The van der Waals surface area contributed by atoms with Gasteiger partial charge in [0, 0.05) is 63.2 Å². The smallest absolute Gasteiger partial charge is 0.409 e. The fourth-order valence-electron chi connectivity index (χ4n) is 4.60. The average Bonchev–Trinajstić information content (AvgIpc) is 3.47. The van der Waals surface area contributed by atoms with Crippen molar-refractivity contribution in [2.45, 2.75) is 44.7 Å². The maximum Gasteiger partial charge on any atom is 0.409 e. The highest BCUT2D eigenvalue weighted by molar-refractivity contribution is 6.42. The molecule has 2 heterocycles. The van der Waals surface area contributed by atoms with Crippen molar-refractivity contribution in [1.82, 2.24) is 19.4 Å². The molecule has 0 aliphatic heterocycles. The van der Waals surface area contributed by atoms with Crippen molar-refractivity contribution in [3.8, 4) is 5.75 Å². The first-order valence-electron chi connectivity index (χ1n) is 15.8. The number of nitrogens with one attached hydrogen (secondary N) is 2. The number of carbonyl (C=O) groups excluding carboxylic acids is 3. The van der Waals surface area contributed by atoms with Crippen LogP contribution in [0.5, 0.6) is 5.75 Å². The first-order valence-corrected chi connectivity index (χ1v) is 15.8. The Morgan fingerprint density at radius 1 is 1.00 bits per heavy atom. The standard InChI is InChI=1S/C33H32B2F3N5O6.C2H6/c1-41(2)27(44)8-5-11-33(34,35)29(49-32(47)42(3)4)30(45)40-25-7-6-12-43(31(25)46)17-23-14-20-13-22(37)16-26(28(20)39-23)48-18-19-9-10-21(36)15-24(19)38;1-2/h5-10,12-16,29,39H,11,17-18H2,1-4H3,(H,40,45);1-2H3/b8-5+;. The number of rotatable bonds is 12. The van der Waals surface area contributed by atoms with Gasteiger partial charge in [-0.15, -0.1) is 0 Å². The number of ether oxygens (including phenoxy) is 2. The maximum absolute atomic E-state index is 14.5. The number of anilines is 1. The summed E-state index contributed by atoms with van der Waals surface area (Å²) < 4.78 is 54.1. The maximum atomic E-state index is 14.5. The van der Waals surface area contributed by atoms with Gasteiger partial charge in [-0.25, -0.2) is 18.0 Å². The van der Waals surface area contributed by atoms with Crippen LogP contribution in [0.4, 0.5) is 23.7 Å². The highest BCUT2D eigenvalue weighted by Gasteiger charge is 2.37. The number of aromatic amines is 1. The lowest BCUT2D eigenvalue weighted by molar-refractivity contribution is -0.125. The molecular formula is C35H38B2F3N5O6. The Bertz CT molecular complexity index is 1960. The van der Waals surface area contributed by atoms with Crippen LogP contribution in [0.3, 0.4) is 0 Å². The zero-order valence-corrected chi connectivity index (χ0v) is 29.1. The summed E-state index contributed by atoms with van der Waals surface area (Å²) in [6.07, 6.45) is 1.01. The highest BCUT2D eigenvalue weighted by atomic mass is 19.1. The number of hydrogen-bond donors (Lipinski definition) is 2. The highest BCUT2D eigenvalue weighted by Crippen LogP contribution is 2.31. The van der Waals surface area contributed by atoms with E-state index in [-0.39, 0.29) is 42.5 Å². The van der Waals surface area contributed by atoms with E-state index in [1.807, 2.05) is 13.8 Å². The number of hydrogen-bond acceptors (Lipinski definition) is 6. The fourth-order valence-corrected chi connectivity index (χ4v) is 4.60. The molecule has 2 N–H and O–H groups in total. The van der Waals surface area contributed by atoms with Gasteiger partial charge in [0.05, 0.1) is 27.8 Å². The van der Waals surface area contributed by atoms with Crippen LogP contribution in [0, 0.1) is 17.5 Å². The number of aromatic nitrogens is 2. The number of fused-ring (bicyclic) bond motifs is 1. The Labute approximate surface area is 296 Å². The third kappa shape index (κ3) is 10.5. The van der Waals surface area contributed by atoms with E-state index >= 15 is 0 Å². The van der Waals surface area contributed by atoms with Gasteiger partial charge in [-0.2, -0.15) is 0 Å². The van der Waals surface area contributed by atoms with Crippen LogP contribution in [-0.4, -0.2) is 87.2 Å². The van der Waals surface area contributed by atoms with Crippen LogP contribution in [0.2, 0.25) is 5.21 Å². The van der Waals surface area contributed by atoms with Crippen molar-refractivity contribution in [2.24, 2.45) is 0 Å². The first kappa shape index (κ1) is 40.0. The molecule has 2 aromatic carbocycles. The van der Waals surface area contributed by atoms with E-state index in [0.29, 0.717) is 22.7 Å². The number of halogens is 3. The van der Waals surface area contributed by atoms with E-state index in [9.17, 15) is 32.3 Å². The van der Waals surface area contributed by atoms with E-state index in [1.165, 1.54) is 80.3 Å². The third-order valence-corrected chi connectivity index (χ3v) is 7.21. The second kappa shape index (κ2) is 17.5. The monoisotopic (exact) mass is 703 g/mol. The summed E-state index contributed by atoms with van der Waals surface area (Å²) in [5.74, 6) is -3.49. The van der Waals surface area contributed by atoms with E-state index in [1.54, 1.807) is 6.07 Å². The molecule has 0 bridgehead atoms. The molecule has 3 amide bonds. The number of amides is 3. The molecule has 0 fully saturated rings. The average molecular weight is 703 g/mol. The number of allylic oxidation sites excluding steroid dienone is 1. The summed E-state index contributed by atoms with van der Waals surface area (Å²) in [5.41, 5.74) is 0.0271. The summed E-state index contributed by atoms with van der Waals surface area (Å²) in [6, 6.07) is 9.77. The molecule has 2 aromatic heterocycles. The van der Waals surface area contributed by atoms with Gasteiger partial charge in [0.15, 0.2) is 6.10 Å². The molecule has 266 valence electrons. The lowest BCUT2D eigenvalue weighted by atomic mass is 9.49. The minimum atomic E-state index is -1.99. The van der Waals surface area contributed by atoms with Crippen LogP contribution in [-0.2, 0) is 27.5 Å². The van der Waals surface area contributed by atoms with Crippen molar-refractivity contribution >= 4 is 50.2 Å². The molecule has 0 saturated heterocycles. The van der Waals surface area contributed by atoms with Crippen LogP contribution in [0.15, 0.2) is 71.7 Å².